The molecule has 1 fully saturated rings. The highest BCUT2D eigenvalue weighted by Crippen LogP contribution is 2.26. The highest BCUT2D eigenvalue weighted by atomic mass is 127. The van der Waals surface area contributed by atoms with Gasteiger partial charge in [0.1, 0.15) is 11.5 Å². The fourth-order valence-electron chi connectivity index (χ4n) is 4.17. The number of aliphatic imine (C=N–C) groups is 1. The zero-order valence-corrected chi connectivity index (χ0v) is 22.1. The first-order valence-corrected chi connectivity index (χ1v) is 10.9. The number of pyridine rings is 1. The molecule has 1 saturated heterocycles. The maximum Gasteiger partial charge on any atom is 0.191 e. The van der Waals surface area contributed by atoms with Crippen molar-refractivity contribution in [2.45, 2.75) is 39.3 Å². The standard InChI is InChI=1S/C24H35N5O2.HI/c1-17-14-26-21(18(2)23(17)31-5)15-27-24(25-3)28-16-22(29-12-6-7-13-29)19-8-10-20(30-4)11-9-19;/h8-11,14,22H,6-7,12-13,15-16H2,1-5H3,(H2,25,27,28);1H. The average Bonchev–Trinajstić information content (AvgIpc) is 3.32. The number of halogens is 1. The van der Waals surface area contributed by atoms with E-state index in [2.05, 4.69) is 37.6 Å². The summed E-state index contributed by atoms with van der Waals surface area (Å²) in [5.74, 6) is 2.53. The summed E-state index contributed by atoms with van der Waals surface area (Å²) in [5, 5.41) is 6.91. The third-order valence-corrected chi connectivity index (χ3v) is 5.94. The smallest absolute Gasteiger partial charge is 0.191 e. The molecular formula is C24H36IN5O2. The monoisotopic (exact) mass is 553 g/mol. The lowest BCUT2D eigenvalue weighted by molar-refractivity contribution is 0.245. The Bertz CT molecular complexity index is 883. The van der Waals surface area contributed by atoms with Gasteiger partial charge < -0.3 is 20.1 Å². The maximum absolute atomic E-state index is 5.52. The Morgan fingerprint density at radius 1 is 1.09 bits per heavy atom. The molecule has 2 heterocycles. The predicted octanol–water partition coefficient (Wildman–Crippen LogP) is 3.84. The minimum absolute atomic E-state index is 0. The van der Waals surface area contributed by atoms with Crippen LogP contribution in [0, 0.1) is 13.8 Å². The number of likely N-dealkylation sites (tertiary alicyclic amines) is 1. The van der Waals surface area contributed by atoms with Gasteiger partial charge in [-0.25, -0.2) is 0 Å². The highest BCUT2D eigenvalue weighted by molar-refractivity contribution is 14.0. The van der Waals surface area contributed by atoms with Crippen LogP contribution in [0.3, 0.4) is 0 Å². The molecular weight excluding hydrogens is 517 g/mol. The van der Waals surface area contributed by atoms with E-state index in [1.165, 1.54) is 18.4 Å². The molecule has 0 saturated carbocycles. The van der Waals surface area contributed by atoms with Crippen LogP contribution in [0.2, 0.25) is 0 Å². The molecule has 1 aliphatic rings. The molecule has 0 amide bonds. The fraction of sp³-hybridized carbons (Fsp3) is 0.500. The lowest BCUT2D eigenvalue weighted by atomic mass is 10.1. The SMILES string of the molecule is CN=C(NCc1ncc(C)c(OC)c1C)NCC(c1ccc(OC)cc1)N1CCCC1.I. The Hall–Kier alpha value is -2.07. The van der Waals surface area contributed by atoms with Crippen molar-refractivity contribution in [2.24, 2.45) is 4.99 Å². The van der Waals surface area contributed by atoms with E-state index >= 15 is 0 Å². The second-order valence-corrected chi connectivity index (χ2v) is 7.88. The summed E-state index contributed by atoms with van der Waals surface area (Å²) in [5.41, 5.74) is 4.33. The van der Waals surface area contributed by atoms with Crippen LogP contribution in [0.15, 0.2) is 35.5 Å². The van der Waals surface area contributed by atoms with Crippen LogP contribution in [-0.2, 0) is 6.54 Å². The molecule has 1 aliphatic heterocycles. The van der Waals surface area contributed by atoms with E-state index in [1.807, 2.05) is 32.2 Å². The van der Waals surface area contributed by atoms with Crippen LogP contribution < -0.4 is 20.1 Å². The van der Waals surface area contributed by atoms with Gasteiger partial charge in [0, 0.05) is 30.9 Å². The average molecular weight is 553 g/mol. The summed E-state index contributed by atoms with van der Waals surface area (Å²) in [6.07, 6.45) is 4.35. The van der Waals surface area contributed by atoms with E-state index in [9.17, 15) is 0 Å². The number of hydrogen-bond acceptors (Lipinski definition) is 5. The number of ether oxygens (including phenoxy) is 2. The second kappa shape index (κ2) is 12.8. The van der Waals surface area contributed by atoms with Gasteiger partial charge in [0.2, 0.25) is 0 Å². The van der Waals surface area contributed by atoms with E-state index in [4.69, 9.17) is 9.47 Å². The van der Waals surface area contributed by atoms with E-state index in [1.54, 1.807) is 21.3 Å². The summed E-state index contributed by atoms with van der Waals surface area (Å²) in [6, 6.07) is 8.67. The summed E-state index contributed by atoms with van der Waals surface area (Å²) >= 11 is 0. The third kappa shape index (κ3) is 6.48. The molecule has 1 atom stereocenters. The molecule has 0 spiro atoms. The summed E-state index contributed by atoms with van der Waals surface area (Å²) in [4.78, 5) is 11.5. The van der Waals surface area contributed by atoms with Gasteiger partial charge in [0.15, 0.2) is 5.96 Å². The number of nitrogens with one attached hydrogen (secondary N) is 2. The molecule has 1 aromatic carbocycles. The fourth-order valence-corrected chi connectivity index (χ4v) is 4.17. The highest BCUT2D eigenvalue weighted by Gasteiger charge is 2.23. The Balaban J connectivity index is 0.00000363. The minimum Gasteiger partial charge on any atom is -0.497 e. The van der Waals surface area contributed by atoms with Gasteiger partial charge in [-0.15, -0.1) is 24.0 Å². The largest absolute Gasteiger partial charge is 0.497 e. The van der Waals surface area contributed by atoms with E-state index < -0.39 is 0 Å². The van der Waals surface area contributed by atoms with Crippen molar-refractivity contribution in [3.63, 3.8) is 0 Å². The Morgan fingerprint density at radius 2 is 1.78 bits per heavy atom. The molecule has 0 aliphatic carbocycles. The maximum atomic E-state index is 5.52. The number of guanidine groups is 1. The van der Waals surface area contributed by atoms with Crippen LogP contribution in [0.25, 0.3) is 0 Å². The molecule has 1 unspecified atom stereocenters. The number of methoxy groups -OCH3 is 2. The summed E-state index contributed by atoms with van der Waals surface area (Å²) in [6.45, 7) is 7.65. The van der Waals surface area contributed by atoms with Crippen LogP contribution in [-0.4, -0.2) is 56.7 Å². The van der Waals surface area contributed by atoms with Gasteiger partial charge in [-0.2, -0.15) is 0 Å². The summed E-state index contributed by atoms with van der Waals surface area (Å²) in [7, 11) is 5.19. The number of benzene rings is 1. The van der Waals surface area contributed by atoms with Gasteiger partial charge in [-0.05, 0) is 57.5 Å². The summed E-state index contributed by atoms with van der Waals surface area (Å²) < 4.78 is 10.8. The molecule has 0 bridgehead atoms. The molecule has 32 heavy (non-hydrogen) atoms. The molecule has 8 heteroatoms. The lowest BCUT2D eigenvalue weighted by Crippen LogP contribution is -2.42. The quantitative estimate of drug-likeness (QED) is 0.294. The van der Waals surface area contributed by atoms with Crippen molar-refractivity contribution in [1.29, 1.82) is 0 Å². The van der Waals surface area contributed by atoms with E-state index in [-0.39, 0.29) is 30.0 Å². The van der Waals surface area contributed by atoms with Crippen molar-refractivity contribution in [3.05, 3.63) is 52.8 Å². The van der Waals surface area contributed by atoms with Gasteiger partial charge in [-0.1, -0.05) is 12.1 Å². The molecule has 1 aromatic heterocycles. The normalized spacial score (nSPS) is 15.1. The topological polar surface area (TPSA) is 71.0 Å². The van der Waals surface area contributed by atoms with Gasteiger partial charge >= 0.3 is 0 Å². The molecule has 2 aromatic rings. The molecule has 3 rings (SSSR count). The zero-order chi connectivity index (χ0) is 22.2. The number of nitrogens with zero attached hydrogens (tertiary/aromatic N) is 3. The van der Waals surface area contributed by atoms with Crippen molar-refractivity contribution in [3.8, 4) is 11.5 Å². The van der Waals surface area contributed by atoms with Crippen LogP contribution in [0.1, 0.15) is 41.3 Å². The molecule has 0 radical (unpaired) electrons. The Morgan fingerprint density at radius 3 is 2.38 bits per heavy atom. The Kier molecular flexibility index (Phi) is 10.5. The van der Waals surface area contributed by atoms with Crippen LogP contribution >= 0.6 is 24.0 Å². The third-order valence-electron chi connectivity index (χ3n) is 5.94. The van der Waals surface area contributed by atoms with E-state index in [0.29, 0.717) is 6.54 Å². The number of rotatable bonds is 8. The molecule has 7 nitrogen and oxygen atoms in total. The lowest BCUT2D eigenvalue weighted by Gasteiger charge is -2.29. The molecule has 176 valence electrons. The minimum atomic E-state index is 0. The first-order valence-electron chi connectivity index (χ1n) is 10.9. The predicted molar refractivity (Wildman–Crippen MR) is 140 cm³/mol. The molecule has 2 N–H and O–H groups in total. The van der Waals surface area contributed by atoms with Crippen molar-refractivity contribution in [2.75, 3.05) is 40.9 Å². The van der Waals surface area contributed by atoms with Crippen molar-refractivity contribution >= 4 is 29.9 Å². The first kappa shape index (κ1) is 26.2. The van der Waals surface area contributed by atoms with Gasteiger partial charge in [0.05, 0.1) is 32.5 Å². The van der Waals surface area contributed by atoms with Crippen LogP contribution in [0.5, 0.6) is 11.5 Å². The van der Waals surface area contributed by atoms with Crippen molar-refractivity contribution < 1.29 is 9.47 Å². The van der Waals surface area contributed by atoms with Gasteiger partial charge in [-0.3, -0.25) is 14.9 Å². The van der Waals surface area contributed by atoms with E-state index in [0.717, 1.165) is 53.9 Å². The zero-order valence-electron chi connectivity index (χ0n) is 19.8. The number of aromatic nitrogens is 1. The van der Waals surface area contributed by atoms with Crippen molar-refractivity contribution in [1.82, 2.24) is 20.5 Å². The Labute approximate surface area is 209 Å². The van der Waals surface area contributed by atoms with Crippen LogP contribution in [0.4, 0.5) is 0 Å². The number of hydrogen-bond donors (Lipinski definition) is 2. The first-order chi connectivity index (χ1) is 15.1. The van der Waals surface area contributed by atoms with Gasteiger partial charge in [0.25, 0.3) is 0 Å². The second-order valence-electron chi connectivity index (χ2n) is 7.88. The number of aryl methyl sites for hydroxylation is 1.